The van der Waals surface area contributed by atoms with Crippen molar-refractivity contribution in [2.45, 2.75) is 26.8 Å². The fourth-order valence-electron chi connectivity index (χ4n) is 1.80. The Morgan fingerprint density at radius 1 is 1.35 bits per heavy atom. The highest BCUT2D eigenvalue weighted by molar-refractivity contribution is 5.91. The second-order valence-electron chi connectivity index (χ2n) is 5.03. The molecular formula is C14H19N5O. The number of nitrogens with two attached hydrogens (primary N) is 1. The van der Waals surface area contributed by atoms with E-state index in [1.807, 2.05) is 38.1 Å². The molecule has 1 amide bonds. The van der Waals surface area contributed by atoms with Crippen LogP contribution in [0.15, 0.2) is 24.3 Å². The van der Waals surface area contributed by atoms with Crippen LogP contribution in [0.1, 0.15) is 26.1 Å². The zero-order valence-electron chi connectivity index (χ0n) is 11.7. The third kappa shape index (κ3) is 3.64. The van der Waals surface area contributed by atoms with E-state index in [0.717, 1.165) is 11.3 Å². The zero-order chi connectivity index (χ0) is 14.5. The molecular weight excluding hydrogens is 254 g/mol. The van der Waals surface area contributed by atoms with Gasteiger partial charge in [-0.2, -0.15) is 5.10 Å². The molecule has 0 unspecified atom stereocenters. The lowest BCUT2D eigenvalue weighted by Crippen LogP contribution is -2.13. The molecule has 0 aliphatic heterocycles. The van der Waals surface area contributed by atoms with Crippen LogP contribution in [-0.2, 0) is 11.3 Å². The molecule has 0 aliphatic rings. The molecule has 6 heteroatoms. The Hall–Kier alpha value is -2.21. The minimum absolute atomic E-state index is 0.0241. The highest BCUT2D eigenvalue weighted by Gasteiger charge is 2.07. The monoisotopic (exact) mass is 273 g/mol. The second kappa shape index (κ2) is 6.29. The minimum atomic E-state index is 0.0241. The molecule has 0 fully saturated rings. The van der Waals surface area contributed by atoms with E-state index < -0.39 is 0 Å². The summed E-state index contributed by atoms with van der Waals surface area (Å²) in [4.78, 5) is 15.9. The van der Waals surface area contributed by atoms with Crippen molar-refractivity contribution in [3.8, 4) is 11.4 Å². The van der Waals surface area contributed by atoms with Gasteiger partial charge in [0.1, 0.15) is 5.82 Å². The van der Waals surface area contributed by atoms with Gasteiger partial charge in [0.05, 0.1) is 6.54 Å². The third-order valence-electron chi connectivity index (χ3n) is 2.75. The molecule has 0 bridgehead atoms. The first-order valence-electron chi connectivity index (χ1n) is 6.60. The molecule has 6 nitrogen and oxygen atoms in total. The predicted molar refractivity (Wildman–Crippen MR) is 77.8 cm³/mol. The van der Waals surface area contributed by atoms with E-state index in [-0.39, 0.29) is 5.91 Å². The summed E-state index contributed by atoms with van der Waals surface area (Å²) in [5, 5.41) is 9.71. The molecule has 0 atom stereocenters. The molecule has 0 radical (unpaired) electrons. The first kappa shape index (κ1) is 14.2. The van der Waals surface area contributed by atoms with E-state index in [9.17, 15) is 4.79 Å². The molecule has 2 aromatic rings. The summed E-state index contributed by atoms with van der Waals surface area (Å²) >= 11 is 0. The van der Waals surface area contributed by atoms with Crippen molar-refractivity contribution in [3.05, 3.63) is 30.1 Å². The van der Waals surface area contributed by atoms with Gasteiger partial charge in [0.25, 0.3) is 0 Å². The number of benzene rings is 1. The summed E-state index contributed by atoms with van der Waals surface area (Å²) in [6.07, 6.45) is 0.516. The number of amides is 1. The summed E-state index contributed by atoms with van der Waals surface area (Å²) in [7, 11) is 0. The minimum Gasteiger partial charge on any atom is -0.326 e. The average Bonchev–Trinajstić information content (AvgIpc) is 2.87. The first-order valence-corrected chi connectivity index (χ1v) is 6.60. The number of anilines is 1. The maximum atomic E-state index is 11.7. The molecule has 0 saturated heterocycles. The zero-order valence-corrected chi connectivity index (χ0v) is 11.7. The van der Waals surface area contributed by atoms with Gasteiger partial charge in [-0.15, -0.1) is 0 Å². The van der Waals surface area contributed by atoms with Gasteiger partial charge in [-0.1, -0.05) is 13.8 Å². The average molecular weight is 273 g/mol. The van der Waals surface area contributed by atoms with Gasteiger partial charge in [0.15, 0.2) is 5.82 Å². The van der Waals surface area contributed by atoms with E-state index in [0.29, 0.717) is 30.5 Å². The standard InChI is InChI=1S/C14H19N5O/c1-9(2)7-13(20)16-11-5-3-10(4-6-11)14-17-12(8-15)18-19-14/h3-6,9H,7-8,15H2,1-2H3,(H,16,20)(H,17,18,19). The number of aromatic amines is 1. The first-order chi connectivity index (χ1) is 9.58. The summed E-state index contributed by atoms with van der Waals surface area (Å²) < 4.78 is 0. The maximum absolute atomic E-state index is 11.7. The summed E-state index contributed by atoms with van der Waals surface area (Å²) in [5.74, 6) is 1.62. The van der Waals surface area contributed by atoms with Gasteiger partial charge < -0.3 is 11.1 Å². The van der Waals surface area contributed by atoms with Crippen LogP contribution in [0.3, 0.4) is 0 Å². The van der Waals surface area contributed by atoms with E-state index in [1.54, 1.807) is 0 Å². The fraction of sp³-hybridized carbons (Fsp3) is 0.357. The second-order valence-corrected chi connectivity index (χ2v) is 5.03. The molecule has 1 heterocycles. The highest BCUT2D eigenvalue weighted by Crippen LogP contribution is 2.18. The van der Waals surface area contributed by atoms with Crippen molar-refractivity contribution >= 4 is 11.6 Å². The van der Waals surface area contributed by atoms with Crippen LogP contribution in [0.2, 0.25) is 0 Å². The van der Waals surface area contributed by atoms with Crippen molar-refractivity contribution in [3.63, 3.8) is 0 Å². The number of H-pyrrole nitrogens is 1. The topological polar surface area (TPSA) is 96.7 Å². The molecule has 0 saturated carbocycles. The van der Waals surface area contributed by atoms with Crippen LogP contribution in [0.4, 0.5) is 5.69 Å². The normalized spacial score (nSPS) is 10.8. The van der Waals surface area contributed by atoms with Crippen LogP contribution in [0.5, 0.6) is 0 Å². The van der Waals surface area contributed by atoms with Crippen molar-refractivity contribution in [2.24, 2.45) is 11.7 Å². The summed E-state index contributed by atoms with van der Waals surface area (Å²) in [6.45, 7) is 4.36. The lowest BCUT2D eigenvalue weighted by atomic mass is 10.1. The van der Waals surface area contributed by atoms with Gasteiger partial charge in [0.2, 0.25) is 5.91 Å². The Morgan fingerprint density at radius 2 is 2.05 bits per heavy atom. The Labute approximate surface area is 117 Å². The van der Waals surface area contributed by atoms with Crippen molar-refractivity contribution in [1.29, 1.82) is 0 Å². The molecule has 0 aliphatic carbocycles. The van der Waals surface area contributed by atoms with Gasteiger partial charge in [0, 0.05) is 17.7 Å². The quantitative estimate of drug-likeness (QED) is 0.775. The number of rotatable bonds is 5. The number of carbonyl (C=O) groups is 1. The molecule has 2 rings (SSSR count). The van der Waals surface area contributed by atoms with Crippen LogP contribution in [0, 0.1) is 5.92 Å². The number of nitrogens with one attached hydrogen (secondary N) is 2. The third-order valence-corrected chi connectivity index (χ3v) is 2.75. The summed E-state index contributed by atoms with van der Waals surface area (Å²) in [5.41, 5.74) is 7.13. The number of nitrogens with zero attached hydrogens (tertiary/aromatic N) is 2. The van der Waals surface area contributed by atoms with E-state index in [4.69, 9.17) is 5.73 Å². The van der Waals surface area contributed by atoms with Crippen molar-refractivity contribution in [1.82, 2.24) is 15.2 Å². The molecule has 106 valence electrons. The SMILES string of the molecule is CC(C)CC(=O)Nc1ccc(-c2n[nH]c(CN)n2)cc1. The largest absolute Gasteiger partial charge is 0.326 e. The van der Waals surface area contributed by atoms with E-state index in [2.05, 4.69) is 20.5 Å². The highest BCUT2D eigenvalue weighted by atomic mass is 16.1. The van der Waals surface area contributed by atoms with E-state index in [1.165, 1.54) is 0 Å². The van der Waals surface area contributed by atoms with Gasteiger partial charge in [-0.25, -0.2) is 4.98 Å². The molecule has 1 aromatic heterocycles. The van der Waals surface area contributed by atoms with Crippen LogP contribution in [-0.4, -0.2) is 21.1 Å². The van der Waals surface area contributed by atoms with Gasteiger partial charge >= 0.3 is 0 Å². The molecule has 20 heavy (non-hydrogen) atoms. The number of hydrogen-bond acceptors (Lipinski definition) is 4. The van der Waals surface area contributed by atoms with E-state index >= 15 is 0 Å². The Kier molecular flexibility index (Phi) is 4.47. The Morgan fingerprint density at radius 3 is 2.60 bits per heavy atom. The van der Waals surface area contributed by atoms with Gasteiger partial charge in [-0.05, 0) is 30.2 Å². The number of hydrogen-bond donors (Lipinski definition) is 3. The lowest BCUT2D eigenvalue weighted by Gasteiger charge is -2.07. The fourth-order valence-corrected chi connectivity index (χ4v) is 1.80. The van der Waals surface area contributed by atoms with Crippen molar-refractivity contribution < 1.29 is 4.79 Å². The van der Waals surface area contributed by atoms with Crippen LogP contribution in [0.25, 0.3) is 11.4 Å². The molecule has 1 aromatic carbocycles. The lowest BCUT2D eigenvalue weighted by molar-refractivity contribution is -0.116. The molecule has 0 spiro atoms. The number of carbonyl (C=O) groups excluding carboxylic acids is 1. The smallest absolute Gasteiger partial charge is 0.224 e. The van der Waals surface area contributed by atoms with Crippen LogP contribution >= 0.6 is 0 Å². The van der Waals surface area contributed by atoms with Gasteiger partial charge in [-0.3, -0.25) is 9.89 Å². The van der Waals surface area contributed by atoms with Crippen LogP contribution < -0.4 is 11.1 Å². The summed E-state index contributed by atoms with van der Waals surface area (Å²) in [6, 6.07) is 7.42. The Bertz CT molecular complexity index is 574. The van der Waals surface area contributed by atoms with Crippen molar-refractivity contribution in [2.75, 3.05) is 5.32 Å². The predicted octanol–water partition coefficient (Wildman–Crippen LogP) is 1.91. The molecule has 4 N–H and O–H groups in total. The number of aromatic nitrogens is 3. The maximum Gasteiger partial charge on any atom is 0.224 e. The Balaban J connectivity index is 2.04.